The van der Waals surface area contributed by atoms with Crippen LogP contribution in [0.4, 0.5) is 13.2 Å². The Morgan fingerprint density at radius 3 is 2.83 bits per heavy atom. The van der Waals surface area contributed by atoms with Crippen LogP contribution >= 0.6 is 23.4 Å². The summed E-state index contributed by atoms with van der Waals surface area (Å²) in [5.41, 5.74) is -0.543. The molecule has 0 aromatic carbocycles. The first-order chi connectivity index (χ1) is 8.52. The lowest BCUT2D eigenvalue weighted by atomic mass is 10.4. The highest BCUT2D eigenvalue weighted by atomic mass is 35.5. The Kier molecular flexibility index (Phi) is 4.01. The largest absolute Gasteiger partial charge is 0.435 e. The van der Waals surface area contributed by atoms with Crippen molar-refractivity contribution in [2.75, 3.05) is 11.6 Å². The average molecular weight is 296 g/mol. The lowest BCUT2D eigenvalue weighted by molar-refractivity contribution is -0.141. The number of hydrogen-bond donors (Lipinski definition) is 0. The molecule has 98 valence electrons. The molecule has 0 amide bonds. The molecule has 0 unspecified atom stereocenters. The van der Waals surface area contributed by atoms with Crippen LogP contribution in [-0.4, -0.2) is 26.2 Å². The summed E-state index contributed by atoms with van der Waals surface area (Å²) in [5.74, 6) is 1.23. The Hall–Kier alpha value is -0.950. The molecule has 0 saturated carbocycles. The van der Waals surface area contributed by atoms with Gasteiger partial charge in [0.05, 0.1) is 5.52 Å². The van der Waals surface area contributed by atoms with Gasteiger partial charge in [0.1, 0.15) is 5.03 Å². The third-order valence-electron chi connectivity index (χ3n) is 2.16. The van der Waals surface area contributed by atoms with Crippen molar-refractivity contribution in [1.82, 2.24) is 14.6 Å². The van der Waals surface area contributed by atoms with Gasteiger partial charge >= 0.3 is 6.18 Å². The molecule has 0 bridgehead atoms. The fraction of sp³-hybridized carbons (Fsp3) is 0.400. The first-order valence-corrected chi connectivity index (χ1v) is 6.65. The minimum absolute atomic E-state index is 0.365. The number of rotatable bonds is 4. The van der Waals surface area contributed by atoms with E-state index in [-0.39, 0.29) is 0 Å². The molecule has 0 aliphatic carbocycles. The Morgan fingerprint density at radius 1 is 1.39 bits per heavy atom. The van der Waals surface area contributed by atoms with Crippen LogP contribution in [0.3, 0.4) is 0 Å². The monoisotopic (exact) mass is 295 g/mol. The second kappa shape index (κ2) is 5.36. The van der Waals surface area contributed by atoms with Crippen LogP contribution < -0.4 is 0 Å². The van der Waals surface area contributed by atoms with Crippen molar-refractivity contribution in [3.8, 4) is 0 Å². The second-order valence-electron chi connectivity index (χ2n) is 3.48. The smallest absolute Gasteiger partial charge is 0.246 e. The molecule has 0 saturated heterocycles. The molecule has 0 N–H and O–H groups in total. The number of halogens is 4. The van der Waals surface area contributed by atoms with Gasteiger partial charge in [-0.15, -0.1) is 23.4 Å². The molecule has 0 spiro atoms. The summed E-state index contributed by atoms with van der Waals surface area (Å²) in [5, 5.41) is 4.02. The molecule has 0 aliphatic rings. The molecule has 8 heteroatoms. The van der Waals surface area contributed by atoms with E-state index in [1.165, 1.54) is 28.7 Å². The number of alkyl halides is 4. The van der Waals surface area contributed by atoms with Gasteiger partial charge < -0.3 is 0 Å². The number of fused-ring (bicyclic) bond motifs is 1. The Bertz CT molecular complexity index is 541. The van der Waals surface area contributed by atoms with Crippen LogP contribution in [0.2, 0.25) is 0 Å². The van der Waals surface area contributed by atoms with Crippen LogP contribution in [0.25, 0.3) is 5.52 Å². The van der Waals surface area contributed by atoms with Crippen molar-refractivity contribution < 1.29 is 13.2 Å². The van der Waals surface area contributed by atoms with E-state index in [0.29, 0.717) is 22.2 Å². The maximum atomic E-state index is 12.5. The highest BCUT2D eigenvalue weighted by Crippen LogP contribution is 2.31. The number of thioether (sulfide) groups is 1. The summed E-state index contributed by atoms with van der Waals surface area (Å²) in [4.78, 5) is 4.07. The zero-order valence-electron chi connectivity index (χ0n) is 9.12. The first kappa shape index (κ1) is 13.5. The molecule has 2 aromatic heterocycles. The van der Waals surface area contributed by atoms with Gasteiger partial charge in [0.15, 0.2) is 5.69 Å². The van der Waals surface area contributed by atoms with Crippen molar-refractivity contribution in [3.63, 3.8) is 0 Å². The van der Waals surface area contributed by atoms with E-state index in [2.05, 4.69) is 10.1 Å². The molecule has 3 nitrogen and oxygen atoms in total. The van der Waals surface area contributed by atoms with Crippen LogP contribution in [0.5, 0.6) is 0 Å². The van der Waals surface area contributed by atoms with Gasteiger partial charge in [-0.05, 0) is 12.5 Å². The molecule has 2 rings (SSSR count). The third-order valence-corrected chi connectivity index (χ3v) is 3.51. The minimum Gasteiger partial charge on any atom is -0.246 e. The standard InChI is InChI=1S/C10H9ClF3N3S/c11-2-1-5-18-9-7-6-8(10(12,13)14)16-17(7)4-3-15-9/h3-4,6H,1-2,5H2. The Labute approximate surface area is 110 Å². The quantitative estimate of drug-likeness (QED) is 0.491. The minimum atomic E-state index is -4.44. The topological polar surface area (TPSA) is 30.2 Å². The average Bonchev–Trinajstić information content (AvgIpc) is 2.73. The Morgan fingerprint density at radius 2 is 2.17 bits per heavy atom. The van der Waals surface area contributed by atoms with Crippen LogP contribution in [0, 0.1) is 0 Å². The number of nitrogens with zero attached hydrogens (tertiary/aromatic N) is 3. The molecular formula is C10H9ClF3N3S. The predicted molar refractivity (Wildman–Crippen MR) is 64.1 cm³/mol. The van der Waals surface area contributed by atoms with Crippen molar-refractivity contribution in [1.29, 1.82) is 0 Å². The molecule has 2 aromatic rings. The first-order valence-electron chi connectivity index (χ1n) is 5.12. The molecule has 0 aliphatic heterocycles. The lowest BCUT2D eigenvalue weighted by Gasteiger charge is -2.00. The maximum absolute atomic E-state index is 12.5. The zero-order chi connectivity index (χ0) is 13.2. The lowest BCUT2D eigenvalue weighted by Crippen LogP contribution is -2.05. The fourth-order valence-corrected chi connectivity index (χ4v) is 2.58. The van der Waals surface area contributed by atoms with E-state index in [1.807, 2.05) is 0 Å². The summed E-state index contributed by atoms with van der Waals surface area (Å²) in [7, 11) is 0. The van der Waals surface area contributed by atoms with E-state index in [9.17, 15) is 13.2 Å². The van der Waals surface area contributed by atoms with Gasteiger partial charge in [-0.2, -0.15) is 18.3 Å². The second-order valence-corrected chi connectivity index (χ2v) is 4.94. The molecule has 0 atom stereocenters. The van der Waals surface area contributed by atoms with E-state index >= 15 is 0 Å². The molecule has 2 heterocycles. The summed E-state index contributed by atoms with van der Waals surface area (Å²) < 4.78 is 38.8. The normalized spacial score (nSPS) is 12.2. The van der Waals surface area contributed by atoms with E-state index in [1.54, 1.807) is 0 Å². The summed E-state index contributed by atoms with van der Waals surface area (Å²) in [6, 6.07) is 1.01. The van der Waals surface area contributed by atoms with Gasteiger partial charge in [-0.3, -0.25) is 0 Å². The van der Waals surface area contributed by atoms with Crippen molar-refractivity contribution in [2.24, 2.45) is 0 Å². The Balaban J connectivity index is 2.33. The third kappa shape index (κ3) is 2.89. The number of aromatic nitrogens is 3. The van der Waals surface area contributed by atoms with E-state index in [4.69, 9.17) is 11.6 Å². The fourth-order valence-electron chi connectivity index (χ4n) is 1.37. The van der Waals surface area contributed by atoms with Crippen molar-refractivity contribution in [2.45, 2.75) is 17.6 Å². The predicted octanol–water partition coefficient (Wildman–Crippen LogP) is 3.47. The SMILES string of the molecule is FC(F)(F)c1cc2c(SCCCCl)nccn2n1. The van der Waals surface area contributed by atoms with Gasteiger partial charge in [-0.25, -0.2) is 9.50 Å². The zero-order valence-corrected chi connectivity index (χ0v) is 10.7. The van der Waals surface area contributed by atoms with E-state index in [0.717, 1.165) is 12.5 Å². The van der Waals surface area contributed by atoms with Crippen molar-refractivity contribution >= 4 is 28.9 Å². The van der Waals surface area contributed by atoms with Crippen LogP contribution in [-0.2, 0) is 6.18 Å². The molecule has 0 radical (unpaired) electrons. The molecular weight excluding hydrogens is 287 g/mol. The summed E-state index contributed by atoms with van der Waals surface area (Å²) in [6.07, 6.45) is -0.835. The summed E-state index contributed by atoms with van der Waals surface area (Å²) >= 11 is 6.92. The van der Waals surface area contributed by atoms with Crippen LogP contribution in [0.15, 0.2) is 23.5 Å². The number of hydrogen-bond acceptors (Lipinski definition) is 3. The van der Waals surface area contributed by atoms with Gasteiger partial charge in [0.25, 0.3) is 0 Å². The maximum Gasteiger partial charge on any atom is 0.435 e. The van der Waals surface area contributed by atoms with Gasteiger partial charge in [0, 0.05) is 24.0 Å². The summed E-state index contributed by atoms with van der Waals surface area (Å²) in [6.45, 7) is 0. The van der Waals surface area contributed by atoms with Crippen molar-refractivity contribution in [3.05, 3.63) is 24.2 Å². The van der Waals surface area contributed by atoms with Crippen LogP contribution in [0.1, 0.15) is 12.1 Å². The van der Waals surface area contributed by atoms with Gasteiger partial charge in [0.2, 0.25) is 0 Å². The highest BCUT2D eigenvalue weighted by molar-refractivity contribution is 7.99. The van der Waals surface area contributed by atoms with Gasteiger partial charge in [-0.1, -0.05) is 0 Å². The molecule has 0 fully saturated rings. The molecule has 18 heavy (non-hydrogen) atoms. The highest BCUT2D eigenvalue weighted by Gasteiger charge is 2.34. The van der Waals surface area contributed by atoms with E-state index < -0.39 is 11.9 Å².